The van der Waals surface area contributed by atoms with Crippen molar-refractivity contribution in [3.8, 4) is 0 Å². The van der Waals surface area contributed by atoms with E-state index in [0.29, 0.717) is 6.54 Å². The molecule has 5 N–H and O–H groups in total. The van der Waals surface area contributed by atoms with Crippen molar-refractivity contribution in [1.29, 1.82) is 0 Å². The van der Waals surface area contributed by atoms with Gasteiger partial charge in [-0.05, 0) is 12.0 Å². The molecule has 1 amide bonds. The van der Waals surface area contributed by atoms with Gasteiger partial charge in [0.05, 0.1) is 18.4 Å². The number of amides is 1. The highest BCUT2D eigenvalue weighted by Gasteiger charge is 2.20. The third kappa shape index (κ3) is 4.13. The fraction of sp³-hybridized carbons (Fsp3) is 0.417. The lowest BCUT2D eigenvalue weighted by Gasteiger charge is -2.25. The number of carbonyl (C=O) groups is 2. The molecule has 7 nitrogen and oxygen atoms in total. The van der Waals surface area contributed by atoms with Gasteiger partial charge in [-0.3, -0.25) is 4.79 Å². The number of nitrogen functional groups attached to an aromatic ring is 1. The van der Waals surface area contributed by atoms with Crippen LogP contribution >= 0.6 is 0 Å². The topological polar surface area (TPSA) is 123 Å². The minimum Gasteiger partial charge on any atom is -0.478 e. The van der Waals surface area contributed by atoms with Gasteiger partial charge in [0.1, 0.15) is 11.4 Å². The Balaban J connectivity index is 3.20. The zero-order valence-corrected chi connectivity index (χ0v) is 11.0. The highest BCUT2D eigenvalue weighted by atomic mass is 16.4. The van der Waals surface area contributed by atoms with Gasteiger partial charge < -0.3 is 21.5 Å². The Morgan fingerprint density at radius 3 is 2.58 bits per heavy atom. The summed E-state index contributed by atoms with van der Waals surface area (Å²) >= 11 is 0. The molecule has 104 valence electrons. The number of pyridine rings is 1. The summed E-state index contributed by atoms with van der Waals surface area (Å²) in [5.41, 5.74) is 10.9. The van der Waals surface area contributed by atoms with E-state index in [9.17, 15) is 9.59 Å². The Labute approximate surface area is 111 Å². The fourth-order valence-electron chi connectivity index (χ4n) is 1.74. The maximum Gasteiger partial charge on any atom is 0.339 e. The highest BCUT2D eigenvalue weighted by molar-refractivity contribution is 5.95. The highest BCUT2D eigenvalue weighted by Crippen LogP contribution is 2.21. The van der Waals surface area contributed by atoms with E-state index in [2.05, 4.69) is 4.98 Å². The maximum absolute atomic E-state index is 11.2. The number of primary amides is 1. The number of nitrogens with zero attached hydrogens (tertiary/aromatic N) is 2. The summed E-state index contributed by atoms with van der Waals surface area (Å²) in [5, 5.41) is 9.17. The molecule has 19 heavy (non-hydrogen) atoms. The minimum atomic E-state index is -1.15. The lowest BCUT2D eigenvalue weighted by molar-refractivity contribution is -0.116. The van der Waals surface area contributed by atoms with Crippen molar-refractivity contribution in [2.24, 2.45) is 11.7 Å². The van der Waals surface area contributed by atoms with Gasteiger partial charge in [0.15, 0.2) is 0 Å². The number of nitrogens with two attached hydrogens (primary N) is 2. The molecule has 0 spiro atoms. The summed E-state index contributed by atoms with van der Waals surface area (Å²) in [7, 11) is 0. The molecule has 1 aromatic heterocycles. The molecular weight excluding hydrogens is 248 g/mol. The Hall–Kier alpha value is -2.31. The molecule has 1 aromatic rings. The van der Waals surface area contributed by atoms with Crippen molar-refractivity contribution in [1.82, 2.24) is 4.98 Å². The predicted molar refractivity (Wildman–Crippen MR) is 71.9 cm³/mol. The molecule has 0 saturated heterocycles. The number of aromatic carboxylic acids is 1. The second-order valence-electron chi connectivity index (χ2n) is 4.69. The number of carbonyl (C=O) groups excluding carboxylic acids is 1. The summed E-state index contributed by atoms with van der Waals surface area (Å²) in [6, 6.07) is 1.32. The number of carboxylic acids is 1. The first-order valence-electron chi connectivity index (χ1n) is 5.83. The van der Waals surface area contributed by atoms with E-state index in [1.807, 2.05) is 13.8 Å². The Bertz CT molecular complexity index is 488. The molecule has 0 aromatic carbocycles. The van der Waals surface area contributed by atoms with Crippen LogP contribution in [0.1, 0.15) is 24.2 Å². The van der Waals surface area contributed by atoms with Gasteiger partial charge >= 0.3 is 5.97 Å². The monoisotopic (exact) mass is 266 g/mol. The SMILES string of the molecule is CC(C)CN(CC(N)=O)c1ncc(N)cc1C(=O)O. The van der Waals surface area contributed by atoms with Crippen LogP contribution in [-0.4, -0.2) is 35.1 Å². The van der Waals surface area contributed by atoms with Gasteiger partial charge in [0.25, 0.3) is 0 Å². The zero-order valence-electron chi connectivity index (χ0n) is 11.0. The standard InChI is InChI=1S/C12H18N4O3/c1-7(2)5-16(6-10(14)17)11-9(12(18)19)3-8(13)4-15-11/h3-4,7H,5-6,13H2,1-2H3,(H2,14,17)(H,18,19). The minimum absolute atomic E-state index is 0.0399. The molecule has 7 heteroatoms. The molecule has 0 aliphatic carbocycles. The zero-order chi connectivity index (χ0) is 14.6. The van der Waals surface area contributed by atoms with Crippen molar-refractivity contribution in [2.75, 3.05) is 23.7 Å². The molecule has 1 heterocycles. The maximum atomic E-state index is 11.2. The van der Waals surface area contributed by atoms with Crippen LogP contribution in [0.25, 0.3) is 0 Å². The summed E-state index contributed by atoms with van der Waals surface area (Å²) in [6.45, 7) is 4.28. The summed E-state index contributed by atoms with van der Waals surface area (Å²) < 4.78 is 0. The molecule has 0 aliphatic rings. The first-order valence-corrected chi connectivity index (χ1v) is 5.83. The van der Waals surface area contributed by atoms with Crippen molar-refractivity contribution in [3.63, 3.8) is 0 Å². The van der Waals surface area contributed by atoms with Gasteiger partial charge in [-0.1, -0.05) is 13.8 Å². The predicted octanol–water partition coefficient (Wildman–Crippen LogP) is 0.310. The van der Waals surface area contributed by atoms with Crippen LogP contribution in [0, 0.1) is 5.92 Å². The van der Waals surface area contributed by atoms with E-state index in [1.165, 1.54) is 12.3 Å². The Kier molecular flexibility index (Phi) is 4.68. The van der Waals surface area contributed by atoms with Crippen LogP contribution in [0.4, 0.5) is 11.5 Å². The van der Waals surface area contributed by atoms with Crippen molar-refractivity contribution in [3.05, 3.63) is 17.8 Å². The number of hydrogen-bond donors (Lipinski definition) is 3. The van der Waals surface area contributed by atoms with Crippen LogP contribution in [0.5, 0.6) is 0 Å². The van der Waals surface area contributed by atoms with E-state index >= 15 is 0 Å². The second kappa shape index (κ2) is 6.03. The van der Waals surface area contributed by atoms with E-state index in [1.54, 1.807) is 4.90 Å². The van der Waals surface area contributed by atoms with Gasteiger partial charge in [0.2, 0.25) is 5.91 Å². The summed E-state index contributed by atoms with van der Waals surface area (Å²) in [5.74, 6) is -1.27. The first kappa shape index (κ1) is 14.7. The number of hydrogen-bond acceptors (Lipinski definition) is 5. The average Bonchev–Trinajstić information content (AvgIpc) is 2.26. The third-order valence-electron chi connectivity index (χ3n) is 2.35. The van der Waals surface area contributed by atoms with Crippen molar-refractivity contribution >= 4 is 23.4 Å². The smallest absolute Gasteiger partial charge is 0.339 e. The number of anilines is 2. The van der Waals surface area contributed by atoms with Crippen LogP contribution < -0.4 is 16.4 Å². The molecular formula is C12H18N4O3. The molecule has 1 rings (SSSR count). The first-order chi connectivity index (χ1) is 8.81. The van der Waals surface area contributed by atoms with E-state index < -0.39 is 11.9 Å². The third-order valence-corrected chi connectivity index (χ3v) is 2.35. The molecule has 0 atom stereocenters. The molecule has 0 unspecified atom stereocenters. The van der Waals surface area contributed by atoms with Crippen LogP contribution in [0.15, 0.2) is 12.3 Å². The average molecular weight is 266 g/mol. The van der Waals surface area contributed by atoms with Gasteiger partial charge in [-0.15, -0.1) is 0 Å². The lowest BCUT2D eigenvalue weighted by Crippen LogP contribution is -2.37. The molecule has 0 bridgehead atoms. The number of rotatable bonds is 6. The Morgan fingerprint density at radius 1 is 1.47 bits per heavy atom. The molecule has 0 aliphatic heterocycles. The summed E-state index contributed by atoms with van der Waals surface area (Å²) in [6.07, 6.45) is 1.36. The van der Waals surface area contributed by atoms with Crippen molar-refractivity contribution < 1.29 is 14.7 Å². The second-order valence-corrected chi connectivity index (χ2v) is 4.69. The number of aromatic nitrogens is 1. The van der Waals surface area contributed by atoms with E-state index in [0.717, 1.165) is 0 Å². The van der Waals surface area contributed by atoms with E-state index in [4.69, 9.17) is 16.6 Å². The molecule has 0 saturated carbocycles. The van der Waals surface area contributed by atoms with Crippen LogP contribution in [0.3, 0.4) is 0 Å². The Morgan fingerprint density at radius 2 is 2.11 bits per heavy atom. The molecule has 0 radical (unpaired) electrons. The lowest BCUT2D eigenvalue weighted by atomic mass is 10.1. The van der Waals surface area contributed by atoms with Gasteiger partial charge in [-0.25, -0.2) is 9.78 Å². The summed E-state index contributed by atoms with van der Waals surface area (Å²) in [4.78, 5) is 27.9. The van der Waals surface area contributed by atoms with Gasteiger partial charge in [0, 0.05) is 6.54 Å². The van der Waals surface area contributed by atoms with E-state index in [-0.39, 0.29) is 29.5 Å². The van der Waals surface area contributed by atoms with Gasteiger partial charge in [-0.2, -0.15) is 0 Å². The largest absolute Gasteiger partial charge is 0.478 e. The quantitative estimate of drug-likeness (QED) is 0.681. The number of carboxylic acid groups (broad SMARTS) is 1. The fourth-order valence-corrected chi connectivity index (χ4v) is 1.74. The molecule has 0 fully saturated rings. The normalized spacial score (nSPS) is 10.5. The van der Waals surface area contributed by atoms with Crippen LogP contribution in [0.2, 0.25) is 0 Å². The van der Waals surface area contributed by atoms with Crippen LogP contribution in [-0.2, 0) is 4.79 Å². The van der Waals surface area contributed by atoms with Crippen molar-refractivity contribution in [2.45, 2.75) is 13.8 Å².